The van der Waals surface area contributed by atoms with E-state index in [9.17, 15) is 0 Å². The first-order chi connectivity index (χ1) is 9.64. The predicted octanol–water partition coefficient (Wildman–Crippen LogP) is 5.71. The molecule has 0 saturated heterocycles. The fourth-order valence-electron chi connectivity index (χ4n) is 4.27. The Morgan fingerprint density at radius 1 is 1.15 bits per heavy atom. The van der Waals surface area contributed by atoms with Gasteiger partial charge in [0, 0.05) is 6.04 Å². The summed E-state index contributed by atoms with van der Waals surface area (Å²) in [7, 11) is 0. The van der Waals surface area contributed by atoms with E-state index in [1.807, 2.05) is 0 Å². The molecule has 20 heavy (non-hydrogen) atoms. The minimum absolute atomic E-state index is 0.600. The normalized spacial score (nSPS) is 19.4. The van der Waals surface area contributed by atoms with Gasteiger partial charge in [0.2, 0.25) is 0 Å². The van der Waals surface area contributed by atoms with E-state index in [-0.39, 0.29) is 0 Å². The Morgan fingerprint density at radius 2 is 1.85 bits per heavy atom. The smallest absolute Gasteiger partial charge is 0.0123 e. The summed E-state index contributed by atoms with van der Waals surface area (Å²) in [6.07, 6.45) is 15.9. The molecule has 1 aliphatic carbocycles. The number of unbranched alkanes of at least 4 members (excludes halogenated alkanes) is 3. The second kappa shape index (κ2) is 9.60. The average molecular weight is 280 g/mol. The third-order valence-corrected chi connectivity index (χ3v) is 5.00. The third kappa shape index (κ3) is 5.60. The third-order valence-electron chi connectivity index (χ3n) is 5.00. The topological polar surface area (TPSA) is 12.0 Å². The molecular formula is C19H37N. The summed E-state index contributed by atoms with van der Waals surface area (Å²) < 4.78 is 0. The highest BCUT2D eigenvalue weighted by molar-refractivity contribution is 4.95. The SMILES string of the molecule is C=CCCCCCC(NCC)C1(CC(C)C)CCCC1. The van der Waals surface area contributed by atoms with Crippen LogP contribution in [0.15, 0.2) is 12.7 Å². The number of nitrogens with one attached hydrogen (secondary N) is 1. The summed E-state index contributed by atoms with van der Waals surface area (Å²) >= 11 is 0. The van der Waals surface area contributed by atoms with Crippen molar-refractivity contribution in [2.45, 2.75) is 91.0 Å². The van der Waals surface area contributed by atoms with E-state index in [2.05, 4.69) is 38.7 Å². The lowest BCUT2D eigenvalue weighted by Gasteiger charge is -2.40. The molecule has 1 unspecified atom stereocenters. The second-order valence-corrected chi connectivity index (χ2v) is 7.20. The molecule has 0 heterocycles. The quantitative estimate of drug-likeness (QED) is 0.377. The molecule has 0 spiro atoms. The van der Waals surface area contributed by atoms with E-state index < -0.39 is 0 Å². The molecule has 1 aliphatic rings. The van der Waals surface area contributed by atoms with Gasteiger partial charge in [0.05, 0.1) is 0 Å². The molecule has 118 valence electrons. The molecule has 1 fully saturated rings. The first-order valence-corrected chi connectivity index (χ1v) is 8.99. The van der Waals surface area contributed by atoms with Gasteiger partial charge in [0.1, 0.15) is 0 Å². The maximum Gasteiger partial charge on any atom is 0.0123 e. The van der Waals surface area contributed by atoms with Crippen LogP contribution in [0.5, 0.6) is 0 Å². The van der Waals surface area contributed by atoms with Gasteiger partial charge in [-0.25, -0.2) is 0 Å². The summed E-state index contributed by atoms with van der Waals surface area (Å²) in [5.74, 6) is 0.829. The summed E-state index contributed by atoms with van der Waals surface area (Å²) in [6, 6.07) is 0.751. The van der Waals surface area contributed by atoms with Crippen LogP contribution in [0.1, 0.15) is 85.0 Å². The van der Waals surface area contributed by atoms with E-state index >= 15 is 0 Å². The summed E-state index contributed by atoms with van der Waals surface area (Å²) in [5.41, 5.74) is 0.600. The molecule has 0 aromatic heterocycles. The molecule has 0 aliphatic heterocycles. The molecule has 1 N–H and O–H groups in total. The van der Waals surface area contributed by atoms with Gasteiger partial charge < -0.3 is 5.32 Å². The van der Waals surface area contributed by atoms with Crippen LogP contribution >= 0.6 is 0 Å². The van der Waals surface area contributed by atoms with Crippen LogP contribution < -0.4 is 5.32 Å². The van der Waals surface area contributed by atoms with Crippen molar-refractivity contribution in [1.82, 2.24) is 5.32 Å². The van der Waals surface area contributed by atoms with Crippen LogP contribution in [0, 0.1) is 11.3 Å². The summed E-state index contributed by atoms with van der Waals surface area (Å²) in [5, 5.41) is 3.84. The number of allylic oxidation sites excluding steroid dienone is 1. The van der Waals surface area contributed by atoms with Crippen LogP contribution in [-0.2, 0) is 0 Å². The number of hydrogen-bond donors (Lipinski definition) is 1. The second-order valence-electron chi connectivity index (χ2n) is 7.20. The lowest BCUT2D eigenvalue weighted by Crippen LogP contribution is -2.44. The van der Waals surface area contributed by atoms with Crippen molar-refractivity contribution in [3.63, 3.8) is 0 Å². The van der Waals surface area contributed by atoms with Gasteiger partial charge in [0.15, 0.2) is 0 Å². The highest BCUT2D eigenvalue weighted by Crippen LogP contribution is 2.47. The largest absolute Gasteiger partial charge is 0.314 e. The lowest BCUT2D eigenvalue weighted by molar-refractivity contribution is 0.146. The van der Waals surface area contributed by atoms with Gasteiger partial charge in [-0.05, 0) is 56.4 Å². The predicted molar refractivity (Wildman–Crippen MR) is 91.1 cm³/mol. The van der Waals surface area contributed by atoms with Crippen LogP contribution in [-0.4, -0.2) is 12.6 Å². The molecule has 1 heteroatoms. The van der Waals surface area contributed by atoms with Crippen molar-refractivity contribution in [2.24, 2.45) is 11.3 Å². The van der Waals surface area contributed by atoms with Crippen molar-refractivity contribution >= 4 is 0 Å². The van der Waals surface area contributed by atoms with Gasteiger partial charge in [-0.2, -0.15) is 0 Å². The summed E-state index contributed by atoms with van der Waals surface area (Å²) in [6.45, 7) is 12.0. The minimum Gasteiger partial charge on any atom is -0.314 e. The first-order valence-electron chi connectivity index (χ1n) is 8.99. The Balaban J connectivity index is 2.53. The monoisotopic (exact) mass is 279 g/mol. The maximum atomic E-state index is 3.84. The van der Waals surface area contributed by atoms with Gasteiger partial charge >= 0.3 is 0 Å². The van der Waals surface area contributed by atoms with Crippen LogP contribution in [0.2, 0.25) is 0 Å². The molecule has 0 aromatic carbocycles. The Kier molecular flexibility index (Phi) is 8.52. The van der Waals surface area contributed by atoms with Crippen LogP contribution in [0.25, 0.3) is 0 Å². The van der Waals surface area contributed by atoms with E-state index in [0.29, 0.717) is 5.41 Å². The zero-order valence-electron chi connectivity index (χ0n) is 14.2. The maximum absolute atomic E-state index is 3.84. The first kappa shape index (κ1) is 17.8. The zero-order valence-corrected chi connectivity index (χ0v) is 14.2. The molecule has 1 rings (SSSR count). The van der Waals surface area contributed by atoms with Crippen molar-refractivity contribution in [1.29, 1.82) is 0 Å². The molecule has 0 aromatic rings. The highest BCUT2D eigenvalue weighted by atomic mass is 14.9. The Labute approximate surface area is 127 Å². The molecule has 1 saturated carbocycles. The molecule has 1 nitrogen and oxygen atoms in total. The molecular weight excluding hydrogens is 242 g/mol. The van der Waals surface area contributed by atoms with Gasteiger partial charge in [0.25, 0.3) is 0 Å². The Hall–Kier alpha value is -0.300. The molecule has 0 bridgehead atoms. The van der Waals surface area contributed by atoms with Gasteiger partial charge in [-0.15, -0.1) is 6.58 Å². The van der Waals surface area contributed by atoms with E-state index in [1.165, 1.54) is 64.2 Å². The van der Waals surface area contributed by atoms with E-state index in [0.717, 1.165) is 18.5 Å². The number of hydrogen-bond acceptors (Lipinski definition) is 1. The highest BCUT2D eigenvalue weighted by Gasteiger charge is 2.40. The van der Waals surface area contributed by atoms with E-state index in [4.69, 9.17) is 0 Å². The lowest BCUT2D eigenvalue weighted by atomic mass is 9.71. The zero-order chi connectivity index (χ0) is 14.8. The summed E-state index contributed by atoms with van der Waals surface area (Å²) in [4.78, 5) is 0. The van der Waals surface area contributed by atoms with Crippen molar-refractivity contribution in [3.05, 3.63) is 12.7 Å². The molecule has 0 radical (unpaired) electrons. The Bertz CT molecular complexity index is 250. The van der Waals surface area contributed by atoms with Crippen molar-refractivity contribution in [2.75, 3.05) is 6.54 Å². The van der Waals surface area contributed by atoms with Crippen LogP contribution in [0.4, 0.5) is 0 Å². The molecule has 1 atom stereocenters. The number of rotatable bonds is 11. The van der Waals surface area contributed by atoms with E-state index in [1.54, 1.807) is 0 Å². The van der Waals surface area contributed by atoms with Gasteiger partial charge in [-0.3, -0.25) is 0 Å². The Morgan fingerprint density at radius 3 is 2.40 bits per heavy atom. The van der Waals surface area contributed by atoms with Gasteiger partial charge in [-0.1, -0.05) is 52.5 Å². The fraction of sp³-hybridized carbons (Fsp3) is 0.895. The van der Waals surface area contributed by atoms with Crippen LogP contribution in [0.3, 0.4) is 0 Å². The fourth-order valence-corrected chi connectivity index (χ4v) is 4.27. The average Bonchev–Trinajstić information content (AvgIpc) is 2.86. The molecule has 0 amide bonds. The van der Waals surface area contributed by atoms with Crippen molar-refractivity contribution < 1.29 is 0 Å². The van der Waals surface area contributed by atoms with Crippen molar-refractivity contribution in [3.8, 4) is 0 Å². The standard InChI is InChI=1S/C19H37N/c1-5-7-8-9-10-13-18(20-6-2)19(16-17(3)4)14-11-12-15-19/h5,17-18,20H,1,6-16H2,2-4H3. The minimum atomic E-state index is 0.600.